The summed E-state index contributed by atoms with van der Waals surface area (Å²) in [7, 11) is 2.12. The average Bonchev–Trinajstić information content (AvgIpc) is 3.13. The number of hydrogen-bond acceptors (Lipinski definition) is 5. The molecule has 122 valence electrons. The zero-order chi connectivity index (χ0) is 15.2. The third kappa shape index (κ3) is 3.98. The highest BCUT2D eigenvalue weighted by molar-refractivity contribution is 9.09. The maximum absolute atomic E-state index is 5.71. The van der Waals surface area contributed by atoms with Crippen LogP contribution in [0.1, 0.15) is 20.8 Å². The topological polar surface area (TPSA) is 34.3 Å². The molecular weight excluding hydrogens is 332 g/mol. The molecule has 0 spiro atoms. The Morgan fingerprint density at radius 1 is 1.19 bits per heavy atom. The van der Waals surface area contributed by atoms with Gasteiger partial charge in [0, 0.05) is 52.4 Å². The molecule has 4 atom stereocenters. The zero-order valence-corrected chi connectivity index (χ0v) is 15.3. The van der Waals surface area contributed by atoms with Crippen molar-refractivity contribution in [1.29, 1.82) is 0 Å². The number of rotatable bonds is 2. The van der Waals surface area contributed by atoms with Crippen LogP contribution in [0.2, 0.25) is 0 Å². The molecule has 0 radical (unpaired) electrons. The average molecular weight is 361 g/mol. The summed E-state index contributed by atoms with van der Waals surface area (Å²) in [6, 6.07) is 0.525. The fourth-order valence-corrected chi connectivity index (χ4v) is 4.48. The normalized spacial score (nSPS) is 39.9. The Kier molecular flexibility index (Phi) is 4.66. The van der Waals surface area contributed by atoms with Gasteiger partial charge in [-0.3, -0.25) is 4.90 Å². The number of hydrogen-bond donors (Lipinski definition) is 1. The highest BCUT2D eigenvalue weighted by atomic mass is 79.9. The van der Waals surface area contributed by atoms with Crippen LogP contribution in [0, 0.1) is 5.41 Å². The Bertz CT molecular complexity index is 367. The number of epoxide rings is 1. The van der Waals surface area contributed by atoms with E-state index >= 15 is 0 Å². The lowest BCUT2D eigenvalue weighted by atomic mass is 9.95. The fourth-order valence-electron chi connectivity index (χ4n) is 3.58. The van der Waals surface area contributed by atoms with E-state index in [1.807, 2.05) is 0 Å². The molecule has 0 aromatic carbocycles. The first-order valence-electron chi connectivity index (χ1n) is 8.07. The van der Waals surface area contributed by atoms with Gasteiger partial charge in [0.25, 0.3) is 0 Å². The number of alkyl halides is 1. The van der Waals surface area contributed by atoms with Crippen molar-refractivity contribution >= 4 is 15.9 Å². The van der Waals surface area contributed by atoms with Gasteiger partial charge < -0.3 is 9.64 Å². The van der Waals surface area contributed by atoms with E-state index in [2.05, 4.69) is 64.0 Å². The van der Waals surface area contributed by atoms with Crippen LogP contribution in [0.5, 0.6) is 0 Å². The molecule has 6 heteroatoms. The lowest BCUT2D eigenvalue weighted by Gasteiger charge is -2.42. The van der Waals surface area contributed by atoms with Crippen LogP contribution in [0.15, 0.2) is 0 Å². The van der Waals surface area contributed by atoms with E-state index in [0.29, 0.717) is 22.4 Å². The Balaban J connectivity index is 1.55. The second-order valence-corrected chi connectivity index (χ2v) is 8.97. The number of nitrogens with one attached hydrogen (secondary N) is 1. The molecule has 0 bridgehead atoms. The summed E-state index contributed by atoms with van der Waals surface area (Å²) in [4.78, 5) is 5.67. The molecule has 3 aliphatic heterocycles. The molecule has 0 aromatic rings. The summed E-state index contributed by atoms with van der Waals surface area (Å²) < 4.78 is 5.71. The number of likely N-dealkylation sites (N-methyl/N-ethyl adjacent to an activating group) is 1. The van der Waals surface area contributed by atoms with E-state index in [-0.39, 0.29) is 6.23 Å². The van der Waals surface area contributed by atoms with Crippen LogP contribution in [-0.2, 0) is 4.74 Å². The summed E-state index contributed by atoms with van der Waals surface area (Å²) in [5.74, 6) is 0. The molecule has 3 aliphatic rings. The maximum atomic E-state index is 5.71. The third-order valence-corrected chi connectivity index (χ3v) is 5.72. The zero-order valence-electron chi connectivity index (χ0n) is 13.7. The summed E-state index contributed by atoms with van der Waals surface area (Å²) in [5, 5.41) is 2.19. The van der Waals surface area contributed by atoms with Crippen molar-refractivity contribution < 1.29 is 4.74 Å². The van der Waals surface area contributed by atoms with Crippen molar-refractivity contribution in [3.05, 3.63) is 0 Å². The van der Waals surface area contributed by atoms with Gasteiger partial charge in [-0.05, 0) is 5.41 Å². The van der Waals surface area contributed by atoms with Crippen molar-refractivity contribution in [2.75, 3.05) is 46.3 Å². The monoisotopic (exact) mass is 360 g/mol. The molecule has 3 heterocycles. The SMILES string of the molecule is CN1CC(N2CCN(CC(C)(C)C)CC2)C(Br)C2OC2N1. The second-order valence-electron chi connectivity index (χ2n) is 7.92. The van der Waals surface area contributed by atoms with Crippen LogP contribution < -0.4 is 5.43 Å². The first kappa shape index (κ1) is 16.1. The number of nitrogens with zero attached hydrogens (tertiary/aromatic N) is 3. The van der Waals surface area contributed by atoms with E-state index in [0.717, 1.165) is 19.6 Å². The summed E-state index contributed by atoms with van der Waals surface area (Å²) >= 11 is 3.89. The van der Waals surface area contributed by atoms with E-state index in [4.69, 9.17) is 4.74 Å². The lowest BCUT2D eigenvalue weighted by molar-refractivity contribution is 0.0500. The van der Waals surface area contributed by atoms with Crippen molar-refractivity contribution in [1.82, 2.24) is 20.2 Å². The first-order chi connectivity index (χ1) is 9.83. The Labute approximate surface area is 137 Å². The van der Waals surface area contributed by atoms with Gasteiger partial charge in [0.1, 0.15) is 12.3 Å². The minimum absolute atomic E-state index is 0.214. The summed E-state index contributed by atoms with van der Waals surface area (Å²) in [6.45, 7) is 13.9. The molecule has 3 fully saturated rings. The van der Waals surface area contributed by atoms with E-state index in [1.54, 1.807) is 0 Å². The number of hydrazine groups is 1. The van der Waals surface area contributed by atoms with Crippen molar-refractivity contribution in [2.45, 2.75) is 44.0 Å². The van der Waals surface area contributed by atoms with Gasteiger partial charge in [-0.2, -0.15) is 0 Å². The quantitative estimate of drug-likeness (QED) is 0.585. The standard InChI is InChI=1S/C15H29BrN4O/c1-15(2,3)10-19-5-7-20(8-6-19)11-9-18(4)17-14-13(21-14)12(11)16/h11-14,17H,5-10H2,1-4H3. The molecule has 1 N–H and O–H groups in total. The van der Waals surface area contributed by atoms with E-state index in [9.17, 15) is 0 Å². The van der Waals surface area contributed by atoms with Gasteiger partial charge in [0.2, 0.25) is 0 Å². The second kappa shape index (κ2) is 6.06. The fraction of sp³-hybridized carbons (Fsp3) is 1.00. The van der Waals surface area contributed by atoms with E-state index < -0.39 is 0 Å². The van der Waals surface area contributed by atoms with Crippen LogP contribution in [0.4, 0.5) is 0 Å². The number of fused-ring (bicyclic) bond motifs is 1. The van der Waals surface area contributed by atoms with Crippen LogP contribution in [0.3, 0.4) is 0 Å². The number of halogens is 1. The molecule has 3 saturated heterocycles. The van der Waals surface area contributed by atoms with Crippen LogP contribution >= 0.6 is 15.9 Å². The third-order valence-electron chi connectivity index (χ3n) is 4.59. The summed E-state index contributed by atoms with van der Waals surface area (Å²) in [6.07, 6.45) is 0.541. The minimum atomic E-state index is 0.214. The van der Waals surface area contributed by atoms with Gasteiger partial charge >= 0.3 is 0 Å². The van der Waals surface area contributed by atoms with Gasteiger partial charge in [0.15, 0.2) is 0 Å². The van der Waals surface area contributed by atoms with Crippen molar-refractivity contribution in [3.63, 3.8) is 0 Å². The first-order valence-corrected chi connectivity index (χ1v) is 8.98. The molecule has 0 saturated carbocycles. The van der Waals surface area contributed by atoms with Gasteiger partial charge in [0.05, 0.1) is 4.83 Å². The Hall–Kier alpha value is 0.280. The lowest BCUT2D eigenvalue weighted by Crippen LogP contribution is -2.57. The minimum Gasteiger partial charge on any atom is -0.351 e. The maximum Gasteiger partial charge on any atom is 0.148 e. The molecule has 0 aliphatic carbocycles. The Morgan fingerprint density at radius 3 is 2.48 bits per heavy atom. The van der Waals surface area contributed by atoms with Crippen molar-refractivity contribution in [2.24, 2.45) is 5.41 Å². The molecule has 0 amide bonds. The van der Waals surface area contributed by atoms with Crippen LogP contribution in [-0.4, -0.2) is 84.3 Å². The molecule has 5 nitrogen and oxygen atoms in total. The van der Waals surface area contributed by atoms with Crippen molar-refractivity contribution in [3.8, 4) is 0 Å². The highest BCUT2D eigenvalue weighted by Gasteiger charge is 2.51. The van der Waals surface area contributed by atoms with Gasteiger partial charge in [-0.1, -0.05) is 36.7 Å². The number of piperazine rings is 1. The molecular formula is C15H29BrN4O. The highest BCUT2D eigenvalue weighted by Crippen LogP contribution is 2.34. The Morgan fingerprint density at radius 2 is 1.86 bits per heavy atom. The molecule has 21 heavy (non-hydrogen) atoms. The molecule has 0 aromatic heterocycles. The molecule has 4 unspecified atom stereocenters. The summed E-state index contributed by atoms with van der Waals surface area (Å²) in [5.41, 5.74) is 3.79. The number of ether oxygens (including phenoxy) is 1. The predicted molar refractivity (Wildman–Crippen MR) is 88.4 cm³/mol. The van der Waals surface area contributed by atoms with Gasteiger partial charge in [-0.15, -0.1) is 0 Å². The van der Waals surface area contributed by atoms with Gasteiger partial charge in [-0.25, -0.2) is 10.4 Å². The smallest absolute Gasteiger partial charge is 0.148 e. The largest absolute Gasteiger partial charge is 0.351 e. The molecule has 3 rings (SSSR count). The van der Waals surface area contributed by atoms with Crippen LogP contribution in [0.25, 0.3) is 0 Å². The van der Waals surface area contributed by atoms with E-state index in [1.165, 1.54) is 19.6 Å². The predicted octanol–water partition coefficient (Wildman–Crippen LogP) is 0.957.